The minimum absolute atomic E-state index is 0. The summed E-state index contributed by atoms with van der Waals surface area (Å²) in [5, 5.41) is 0. The van der Waals surface area contributed by atoms with Gasteiger partial charge in [-0.25, -0.2) is 0 Å². The molecule has 0 aromatic rings. The van der Waals surface area contributed by atoms with Crippen LogP contribution >= 0.6 is 0 Å². The predicted molar refractivity (Wildman–Crippen MR) is 22.3 cm³/mol. The molecular formula is C4H9FeMo2O3-. The van der Waals surface area contributed by atoms with Crippen molar-refractivity contribution in [3.8, 4) is 0 Å². The molecule has 0 aromatic heterocycles. The average Bonchev–Trinajstić information content (AvgIpc) is 1.65. The van der Waals surface area contributed by atoms with Crippen molar-refractivity contribution in [3.63, 3.8) is 0 Å². The molecule has 0 saturated heterocycles. The van der Waals surface area contributed by atoms with Crippen LogP contribution in [0.4, 0.5) is 0 Å². The van der Waals surface area contributed by atoms with E-state index in [0.29, 0.717) is 0 Å². The van der Waals surface area contributed by atoms with E-state index in [1.54, 1.807) is 0 Å². The fraction of sp³-hybridized carbons (Fsp3) is 0.750. The van der Waals surface area contributed by atoms with Gasteiger partial charge in [-0.1, -0.05) is 13.3 Å². The third-order valence-corrected chi connectivity index (χ3v) is 0.354. The first-order valence-electron chi connectivity index (χ1n) is 2.21. The SMILES string of the molecule is [CH2-]CCC.[Fe].[Mo].[O]=[Mo](=[O])=[O]. The van der Waals surface area contributed by atoms with E-state index in [-0.39, 0.29) is 38.1 Å². The van der Waals surface area contributed by atoms with Gasteiger partial charge in [0.2, 0.25) is 0 Å². The Bertz CT molecular complexity index is 108. The molecule has 6 heteroatoms. The van der Waals surface area contributed by atoms with Crippen molar-refractivity contribution < 1.29 is 65.5 Å². The molecule has 0 aromatic carbocycles. The van der Waals surface area contributed by atoms with Gasteiger partial charge in [-0.05, 0) is 0 Å². The normalized spacial score (nSPS) is 5.40. The summed E-state index contributed by atoms with van der Waals surface area (Å²) >= 11 is -4.11. The van der Waals surface area contributed by atoms with Crippen LogP contribution in [0.3, 0.4) is 0 Å². The van der Waals surface area contributed by atoms with Gasteiger partial charge in [-0.15, -0.1) is 0 Å². The summed E-state index contributed by atoms with van der Waals surface area (Å²) in [4.78, 5) is 0. The Kier molecular flexibility index (Phi) is 50.5. The Hall–Kier alpha value is 1.30. The zero-order valence-corrected chi connectivity index (χ0v) is 10.6. The number of hydrogen-bond donors (Lipinski definition) is 0. The third-order valence-electron chi connectivity index (χ3n) is 0.354. The molecule has 0 radical (unpaired) electrons. The summed E-state index contributed by atoms with van der Waals surface area (Å²) in [6.07, 6.45) is 2.28. The van der Waals surface area contributed by atoms with Crippen molar-refractivity contribution in [3.05, 3.63) is 6.92 Å². The molecule has 0 aliphatic rings. The number of unbranched alkanes of at least 4 members (excludes halogenated alkanes) is 1. The van der Waals surface area contributed by atoms with E-state index in [1.807, 2.05) is 0 Å². The van der Waals surface area contributed by atoms with Gasteiger partial charge in [0, 0.05) is 38.1 Å². The van der Waals surface area contributed by atoms with E-state index >= 15 is 0 Å². The molecule has 0 atom stereocenters. The molecule has 0 aliphatic carbocycles. The van der Waals surface area contributed by atoms with Gasteiger partial charge in [0.05, 0.1) is 0 Å². The van der Waals surface area contributed by atoms with E-state index in [9.17, 15) is 0 Å². The van der Waals surface area contributed by atoms with Crippen LogP contribution in [0.25, 0.3) is 0 Å². The summed E-state index contributed by atoms with van der Waals surface area (Å²) in [5.41, 5.74) is 0. The Morgan fingerprint density at radius 1 is 1.30 bits per heavy atom. The van der Waals surface area contributed by atoms with Crippen molar-refractivity contribution in [2.45, 2.75) is 19.8 Å². The van der Waals surface area contributed by atoms with Crippen LogP contribution in [0.2, 0.25) is 0 Å². The van der Waals surface area contributed by atoms with Crippen LogP contribution in [0.5, 0.6) is 0 Å². The zero-order chi connectivity index (χ0) is 6.99. The van der Waals surface area contributed by atoms with E-state index in [2.05, 4.69) is 13.8 Å². The average molecular weight is 353 g/mol. The van der Waals surface area contributed by atoms with Crippen LogP contribution in [-0.2, 0) is 65.5 Å². The van der Waals surface area contributed by atoms with Gasteiger partial charge >= 0.3 is 27.4 Å². The molecule has 10 heavy (non-hydrogen) atoms. The summed E-state index contributed by atoms with van der Waals surface area (Å²) in [6.45, 7) is 5.72. The molecule has 0 saturated carbocycles. The fourth-order valence-electron chi connectivity index (χ4n) is 0. The van der Waals surface area contributed by atoms with Gasteiger partial charge in [0.1, 0.15) is 0 Å². The molecule has 0 rings (SSSR count). The minimum atomic E-state index is -4.11. The second-order valence-corrected chi connectivity index (χ2v) is 2.06. The van der Waals surface area contributed by atoms with E-state index in [0.717, 1.165) is 6.42 Å². The van der Waals surface area contributed by atoms with Crippen molar-refractivity contribution >= 4 is 0 Å². The van der Waals surface area contributed by atoms with Crippen LogP contribution in [0, 0.1) is 6.92 Å². The fourth-order valence-corrected chi connectivity index (χ4v) is 0. The molecule has 0 fully saturated rings. The van der Waals surface area contributed by atoms with Crippen molar-refractivity contribution in [1.82, 2.24) is 0 Å². The monoisotopic (exact) mass is 357 g/mol. The summed E-state index contributed by atoms with van der Waals surface area (Å²) in [7, 11) is 0. The van der Waals surface area contributed by atoms with Crippen LogP contribution in [0.15, 0.2) is 0 Å². The maximum absolute atomic E-state index is 8.59. The first-order valence-corrected chi connectivity index (χ1v) is 4.67. The molecule has 3 nitrogen and oxygen atoms in total. The van der Waals surface area contributed by atoms with Crippen molar-refractivity contribution in [1.29, 1.82) is 0 Å². The molecule has 0 N–H and O–H groups in total. The van der Waals surface area contributed by atoms with Gasteiger partial charge in [-0.3, -0.25) is 0 Å². The molecular weight excluding hydrogens is 344 g/mol. The Balaban J connectivity index is -0.0000000300. The molecule has 64 valence electrons. The zero-order valence-electron chi connectivity index (χ0n) is 5.52. The number of hydrogen-bond acceptors (Lipinski definition) is 3. The summed E-state index contributed by atoms with van der Waals surface area (Å²) in [5.74, 6) is 0. The first kappa shape index (κ1) is 22.5. The molecule has 0 unspecified atom stereocenters. The van der Waals surface area contributed by atoms with E-state index in [4.69, 9.17) is 10.2 Å². The topological polar surface area (TPSA) is 51.2 Å². The van der Waals surface area contributed by atoms with Gasteiger partial charge in [-0.2, -0.15) is 6.42 Å². The summed E-state index contributed by atoms with van der Waals surface area (Å²) < 4.78 is 25.8. The van der Waals surface area contributed by atoms with Crippen LogP contribution in [-0.4, -0.2) is 0 Å². The van der Waals surface area contributed by atoms with E-state index in [1.165, 1.54) is 6.42 Å². The molecule has 0 bridgehead atoms. The molecule has 0 amide bonds. The molecule has 0 heterocycles. The Morgan fingerprint density at radius 2 is 1.40 bits per heavy atom. The van der Waals surface area contributed by atoms with Gasteiger partial charge in [0.25, 0.3) is 0 Å². The standard InChI is InChI=1S/C4H9.Fe.2Mo.3O/c1-3-4-2;;;;;;/h1,3-4H2,2H3;;;;;;/q-1;;;;;;. The third kappa shape index (κ3) is 121. The quantitative estimate of drug-likeness (QED) is 0.527. The number of rotatable bonds is 1. The second kappa shape index (κ2) is 22.4. The van der Waals surface area contributed by atoms with Gasteiger partial charge in [0.15, 0.2) is 0 Å². The second-order valence-electron chi connectivity index (χ2n) is 1.06. The van der Waals surface area contributed by atoms with Crippen molar-refractivity contribution in [2.24, 2.45) is 0 Å². The molecule has 0 aliphatic heterocycles. The Morgan fingerprint density at radius 3 is 1.40 bits per heavy atom. The summed E-state index contributed by atoms with van der Waals surface area (Å²) in [6, 6.07) is 0. The van der Waals surface area contributed by atoms with E-state index < -0.39 is 17.2 Å². The predicted octanol–water partition coefficient (Wildman–Crippen LogP) is 1.26. The first-order chi connectivity index (χ1) is 3.65. The Labute approximate surface area is 91.5 Å². The maximum atomic E-state index is 8.59. The van der Waals surface area contributed by atoms with Gasteiger partial charge < -0.3 is 6.92 Å². The molecule has 0 spiro atoms. The van der Waals surface area contributed by atoms with Crippen molar-refractivity contribution in [2.75, 3.05) is 0 Å². The van der Waals surface area contributed by atoms with Crippen LogP contribution < -0.4 is 0 Å². The van der Waals surface area contributed by atoms with Crippen LogP contribution in [0.1, 0.15) is 19.8 Å².